The van der Waals surface area contributed by atoms with Gasteiger partial charge in [0.05, 0.1) is 24.2 Å². The molecule has 1 N–H and O–H groups in total. The van der Waals surface area contributed by atoms with Crippen molar-refractivity contribution in [2.24, 2.45) is 56.2 Å². The third-order valence-corrected chi connectivity index (χ3v) is 13.5. The maximum Gasteiger partial charge on any atom is 0.312 e. The summed E-state index contributed by atoms with van der Waals surface area (Å²) < 4.78 is 5.51. The van der Waals surface area contributed by atoms with Gasteiger partial charge in [0.15, 0.2) is 0 Å². The lowest BCUT2D eigenvalue weighted by Crippen LogP contribution is -2.67. The molecule has 0 amide bonds. The second-order valence-electron chi connectivity index (χ2n) is 15.8. The number of carbonyl (C=O) groups is 1. The van der Waals surface area contributed by atoms with Crippen LogP contribution in [0.5, 0.6) is 0 Å². The minimum absolute atomic E-state index is 0.000832. The summed E-state index contributed by atoms with van der Waals surface area (Å²) in [5, 5.41) is 21.1. The van der Waals surface area contributed by atoms with Gasteiger partial charge < -0.3 is 9.84 Å². The molecule has 5 aliphatic rings. The van der Waals surface area contributed by atoms with E-state index in [0.29, 0.717) is 35.5 Å². The van der Waals surface area contributed by atoms with E-state index in [1.54, 1.807) is 7.11 Å². The molecule has 4 nitrogen and oxygen atoms in total. The Kier molecular flexibility index (Phi) is 5.72. The fourth-order valence-corrected chi connectivity index (χ4v) is 11.4. The number of aliphatic hydroxyl groups is 1. The number of hydrogen-bond acceptors (Lipinski definition) is 4. The zero-order valence-corrected chi connectivity index (χ0v) is 24.6. The van der Waals surface area contributed by atoms with Gasteiger partial charge in [-0.15, -0.1) is 0 Å². The van der Waals surface area contributed by atoms with Crippen LogP contribution in [0.25, 0.3) is 0 Å². The molecule has 4 fully saturated rings. The fraction of sp³-hybridized carbons (Fsp3) is 0.818. The lowest BCUT2D eigenvalue weighted by atomic mass is 9.31. The van der Waals surface area contributed by atoms with Crippen LogP contribution in [0.4, 0.5) is 0 Å². The van der Waals surface area contributed by atoms with Crippen molar-refractivity contribution in [3.63, 3.8) is 0 Å². The van der Waals surface area contributed by atoms with E-state index in [9.17, 15) is 15.2 Å². The van der Waals surface area contributed by atoms with E-state index in [2.05, 4.69) is 54.5 Å². The summed E-state index contributed by atoms with van der Waals surface area (Å²) in [6, 6.07) is 2.38. The molecule has 0 aromatic heterocycles. The first kappa shape index (κ1) is 26.8. The molecule has 204 valence electrons. The number of hydrogen-bond donors (Lipinski definition) is 1. The van der Waals surface area contributed by atoms with Gasteiger partial charge in [0.2, 0.25) is 0 Å². The molecule has 4 saturated carbocycles. The predicted molar refractivity (Wildman–Crippen MR) is 146 cm³/mol. The van der Waals surface area contributed by atoms with Gasteiger partial charge in [-0.2, -0.15) is 5.26 Å². The van der Waals surface area contributed by atoms with E-state index in [-0.39, 0.29) is 33.5 Å². The summed E-state index contributed by atoms with van der Waals surface area (Å²) in [7, 11) is 1.57. The molecule has 0 bridgehead atoms. The van der Waals surface area contributed by atoms with Crippen LogP contribution in [0.15, 0.2) is 23.5 Å². The van der Waals surface area contributed by atoms with Crippen LogP contribution in [-0.4, -0.2) is 18.2 Å². The Bertz CT molecular complexity index is 1110. The van der Waals surface area contributed by atoms with E-state index in [1.165, 1.54) is 5.57 Å². The van der Waals surface area contributed by atoms with Crippen molar-refractivity contribution in [1.29, 1.82) is 5.26 Å². The first-order valence-corrected chi connectivity index (χ1v) is 14.6. The Morgan fingerprint density at radius 2 is 1.65 bits per heavy atom. The molecule has 0 radical (unpaired) electrons. The highest BCUT2D eigenvalue weighted by Crippen LogP contribution is 2.78. The van der Waals surface area contributed by atoms with E-state index < -0.39 is 10.8 Å². The number of carbonyl (C=O) groups excluding carboxylic acids is 1. The molecule has 0 heterocycles. The highest BCUT2D eigenvalue weighted by atomic mass is 16.5. The number of nitrogens with zero attached hydrogens (tertiary/aromatic N) is 1. The highest BCUT2D eigenvalue weighted by Gasteiger charge is 2.72. The number of allylic oxidation sites excluding steroid dienone is 3. The van der Waals surface area contributed by atoms with Gasteiger partial charge in [0, 0.05) is 5.41 Å². The number of fused-ring (bicyclic) bond motifs is 7. The molecule has 4 heteroatoms. The maximum atomic E-state index is 13.5. The van der Waals surface area contributed by atoms with Gasteiger partial charge in [0.25, 0.3) is 0 Å². The predicted octanol–water partition coefficient (Wildman–Crippen LogP) is 8.15. The SMILES string of the molecule is C=C1CC2[C@@]3(C)CC(C#N)=C(O)C(C)(C)C3CC[C@@]2(C)[C@]2(C)CC[C@@]3(C(=O)OC)CCC(C)(C)CC3C12. The van der Waals surface area contributed by atoms with Crippen LogP contribution in [-0.2, 0) is 9.53 Å². The normalized spacial score (nSPS) is 48.0. The Hall–Kier alpha value is -1.76. The lowest BCUT2D eigenvalue weighted by Gasteiger charge is -2.73. The molecule has 4 unspecified atom stereocenters. The summed E-state index contributed by atoms with van der Waals surface area (Å²) in [6.07, 6.45) is 8.74. The van der Waals surface area contributed by atoms with Gasteiger partial charge in [-0.1, -0.05) is 60.6 Å². The number of methoxy groups -OCH3 is 1. The Morgan fingerprint density at radius 1 is 1.00 bits per heavy atom. The van der Waals surface area contributed by atoms with Crippen LogP contribution < -0.4 is 0 Å². The van der Waals surface area contributed by atoms with Gasteiger partial charge in [-0.3, -0.25) is 4.79 Å². The van der Waals surface area contributed by atoms with Gasteiger partial charge in [-0.25, -0.2) is 0 Å². The first-order valence-electron chi connectivity index (χ1n) is 14.6. The Labute approximate surface area is 224 Å². The van der Waals surface area contributed by atoms with E-state index >= 15 is 0 Å². The molecule has 37 heavy (non-hydrogen) atoms. The Morgan fingerprint density at radius 3 is 2.27 bits per heavy atom. The first-order chi connectivity index (χ1) is 17.0. The van der Waals surface area contributed by atoms with Crippen LogP contribution in [0.2, 0.25) is 0 Å². The summed E-state index contributed by atoms with van der Waals surface area (Å²) in [5.74, 6) is 1.60. The van der Waals surface area contributed by atoms with Crippen molar-refractivity contribution in [2.45, 2.75) is 106 Å². The van der Waals surface area contributed by atoms with Gasteiger partial charge in [-0.05, 0) is 103 Å². The number of ether oxygens (including phenoxy) is 1. The topological polar surface area (TPSA) is 70.3 Å². The van der Waals surface area contributed by atoms with Gasteiger partial charge >= 0.3 is 5.97 Å². The molecular weight excluding hydrogens is 458 g/mol. The third-order valence-electron chi connectivity index (χ3n) is 13.5. The van der Waals surface area contributed by atoms with E-state index in [1.807, 2.05) is 0 Å². The molecule has 0 aliphatic heterocycles. The summed E-state index contributed by atoms with van der Waals surface area (Å²) in [5.41, 5.74) is 1.35. The van der Waals surface area contributed by atoms with Crippen molar-refractivity contribution in [2.75, 3.05) is 7.11 Å². The maximum absolute atomic E-state index is 13.5. The second-order valence-corrected chi connectivity index (χ2v) is 15.8. The molecule has 5 aliphatic carbocycles. The van der Waals surface area contributed by atoms with Crippen molar-refractivity contribution in [3.05, 3.63) is 23.5 Å². The highest BCUT2D eigenvalue weighted by molar-refractivity contribution is 5.78. The molecule has 0 aromatic carbocycles. The largest absolute Gasteiger partial charge is 0.511 e. The Balaban J connectivity index is 1.62. The molecular formula is C33H49NO3. The summed E-state index contributed by atoms with van der Waals surface area (Å²) in [4.78, 5) is 13.5. The fourth-order valence-electron chi connectivity index (χ4n) is 11.4. The van der Waals surface area contributed by atoms with Crippen molar-refractivity contribution in [1.82, 2.24) is 0 Å². The van der Waals surface area contributed by atoms with Crippen LogP contribution in [0.1, 0.15) is 106 Å². The minimum atomic E-state index is -0.404. The molecule has 0 saturated heterocycles. The number of aliphatic hydroxyl groups excluding tert-OH is 1. The van der Waals surface area contributed by atoms with Crippen molar-refractivity contribution in [3.8, 4) is 6.07 Å². The smallest absolute Gasteiger partial charge is 0.312 e. The zero-order valence-electron chi connectivity index (χ0n) is 24.6. The number of esters is 1. The van der Waals surface area contributed by atoms with Crippen molar-refractivity contribution >= 4 is 5.97 Å². The second kappa shape index (κ2) is 7.89. The average molecular weight is 508 g/mol. The van der Waals surface area contributed by atoms with E-state index in [4.69, 9.17) is 11.3 Å². The van der Waals surface area contributed by atoms with Crippen LogP contribution in [0, 0.1) is 67.5 Å². The molecule has 8 atom stereocenters. The van der Waals surface area contributed by atoms with Crippen LogP contribution >= 0.6 is 0 Å². The third kappa shape index (κ3) is 3.21. The molecule has 5 rings (SSSR count). The van der Waals surface area contributed by atoms with Gasteiger partial charge in [0.1, 0.15) is 5.76 Å². The minimum Gasteiger partial charge on any atom is -0.511 e. The number of rotatable bonds is 1. The average Bonchev–Trinajstić information content (AvgIpc) is 2.82. The van der Waals surface area contributed by atoms with Crippen molar-refractivity contribution < 1.29 is 14.6 Å². The monoisotopic (exact) mass is 507 g/mol. The molecule has 0 aromatic rings. The number of nitriles is 1. The zero-order chi connectivity index (χ0) is 27.4. The van der Waals surface area contributed by atoms with Crippen LogP contribution in [0.3, 0.4) is 0 Å². The lowest BCUT2D eigenvalue weighted by molar-refractivity contribution is -0.226. The molecule has 0 spiro atoms. The quantitative estimate of drug-likeness (QED) is 0.287. The standard InChI is InChI=1S/C33H49NO3/c1-20-16-24-30(6)17-21(19-34)26(35)29(4,5)23(30)10-11-31(24,7)32(8)13-15-33(27(36)37-9)14-12-28(2,3)18-22(33)25(20)32/h22-25,35H,1,10-18H2,2-9H3/t22?,23?,24?,25?,30-,31+,32+,33-/m0/s1. The summed E-state index contributed by atoms with van der Waals surface area (Å²) in [6.45, 7) is 21.3. The summed E-state index contributed by atoms with van der Waals surface area (Å²) >= 11 is 0. The van der Waals surface area contributed by atoms with E-state index in [0.717, 1.165) is 51.4 Å².